The van der Waals surface area contributed by atoms with Crippen molar-refractivity contribution in [1.29, 1.82) is 0 Å². The second kappa shape index (κ2) is 13.9. The fraction of sp³-hybridized carbons (Fsp3) is 0.421. The SMILES string of the molecule is CN=C(NCCCOCc1ccco1)NCC(C)Sc1ccccc1.I. The minimum atomic E-state index is 0. The van der Waals surface area contributed by atoms with Gasteiger partial charge in [-0.3, -0.25) is 4.99 Å². The molecule has 0 aliphatic rings. The molecule has 2 N–H and O–H groups in total. The smallest absolute Gasteiger partial charge is 0.191 e. The van der Waals surface area contributed by atoms with Crippen molar-refractivity contribution in [2.45, 2.75) is 30.1 Å². The maximum atomic E-state index is 5.56. The molecular formula is C19H28IN3O2S. The number of benzene rings is 1. The fourth-order valence-corrected chi connectivity index (χ4v) is 3.13. The van der Waals surface area contributed by atoms with E-state index in [0.717, 1.165) is 31.2 Å². The van der Waals surface area contributed by atoms with Crippen LogP contribution in [0.2, 0.25) is 0 Å². The molecular weight excluding hydrogens is 461 g/mol. The summed E-state index contributed by atoms with van der Waals surface area (Å²) in [6.07, 6.45) is 2.57. The van der Waals surface area contributed by atoms with Gasteiger partial charge in [0.15, 0.2) is 5.96 Å². The van der Waals surface area contributed by atoms with Crippen LogP contribution in [0.3, 0.4) is 0 Å². The number of rotatable bonds is 10. The highest BCUT2D eigenvalue weighted by molar-refractivity contribution is 14.0. The number of nitrogens with one attached hydrogen (secondary N) is 2. The topological polar surface area (TPSA) is 58.8 Å². The van der Waals surface area contributed by atoms with Gasteiger partial charge in [-0.2, -0.15) is 0 Å². The standard InChI is InChI=1S/C19H27N3O2S.HI/c1-16(25-18-9-4-3-5-10-18)14-22-19(20-2)21-11-7-12-23-15-17-8-6-13-24-17;/h3-6,8-10,13,16H,7,11-12,14-15H2,1-2H3,(H2,20,21,22);1H. The molecule has 0 amide bonds. The van der Waals surface area contributed by atoms with E-state index >= 15 is 0 Å². The van der Waals surface area contributed by atoms with Crippen LogP contribution in [0.1, 0.15) is 19.1 Å². The molecule has 0 aliphatic carbocycles. The molecule has 0 saturated heterocycles. The molecule has 1 atom stereocenters. The van der Waals surface area contributed by atoms with Gasteiger partial charge in [-0.25, -0.2) is 0 Å². The largest absolute Gasteiger partial charge is 0.467 e. The lowest BCUT2D eigenvalue weighted by Crippen LogP contribution is -2.40. The van der Waals surface area contributed by atoms with E-state index in [0.29, 0.717) is 18.5 Å². The fourth-order valence-electron chi connectivity index (χ4n) is 2.18. The molecule has 7 heteroatoms. The van der Waals surface area contributed by atoms with Gasteiger partial charge in [-0.05, 0) is 30.7 Å². The second-order valence-electron chi connectivity index (χ2n) is 5.61. The van der Waals surface area contributed by atoms with E-state index in [1.54, 1.807) is 13.3 Å². The molecule has 0 radical (unpaired) electrons. The van der Waals surface area contributed by atoms with Crippen LogP contribution in [-0.4, -0.2) is 38.0 Å². The maximum absolute atomic E-state index is 5.56. The van der Waals surface area contributed by atoms with Crippen molar-refractivity contribution in [2.75, 3.05) is 26.7 Å². The highest BCUT2D eigenvalue weighted by Crippen LogP contribution is 2.21. The third-order valence-electron chi connectivity index (χ3n) is 3.44. The average molecular weight is 489 g/mol. The summed E-state index contributed by atoms with van der Waals surface area (Å²) in [5.74, 6) is 1.68. The second-order valence-corrected chi connectivity index (χ2v) is 7.12. The zero-order valence-electron chi connectivity index (χ0n) is 15.3. The van der Waals surface area contributed by atoms with Gasteiger partial charge in [0, 0.05) is 36.9 Å². The van der Waals surface area contributed by atoms with Crippen molar-refractivity contribution in [3.63, 3.8) is 0 Å². The van der Waals surface area contributed by atoms with Crippen LogP contribution in [0.5, 0.6) is 0 Å². The minimum absolute atomic E-state index is 0. The molecule has 2 rings (SSSR count). The Morgan fingerprint density at radius 3 is 2.69 bits per heavy atom. The third-order valence-corrected chi connectivity index (χ3v) is 4.56. The molecule has 0 saturated carbocycles. The first-order chi connectivity index (χ1) is 12.3. The van der Waals surface area contributed by atoms with E-state index in [1.165, 1.54) is 4.90 Å². The molecule has 0 aliphatic heterocycles. The summed E-state index contributed by atoms with van der Waals surface area (Å²) in [5.41, 5.74) is 0. The molecule has 1 unspecified atom stereocenters. The van der Waals surface area contributed by atoms with Gasteiger partial charge in [-0.15, -0.1) is 35.7 Å². The monoisotopic (exact) mass is 489 g/mol. The summed E-state index contributed by atoms with van der Waals surface area (Å²) in [5, 5.41) is 7.13. The summed E-state index contributed by atoms with van der Waals surface area (Å²) in [6.45, 7) is 5.09. The van der Waals surface area contributed by atoms with Crippen LogP contribution >= 0.6 is 35.7 Å². The van der Waals surface area contributed by atoms with Crippen molar-refractivity contribution in [1.82, 2.24) is 10.6 Å². The number of thioether (sulfide) groups is 1. The van der Waals surface area contributed by atoms with Gasteiger partial charge in [0.2, 0.25) is 0 Å². The van der Waals surface area contributed by atoms with Crippen molar-refractivity contribution in [2.24, 2.45) is 4.99 Å². The van der Waals surface area contributed by atoms with Gasteiger partial charge in [-0.1, -0.05) is 25.1 Å². The van der Waals surface area contributed by atoms with Crippen LogP contribution in [0.25, 0.3) is 0 Å². The quantitative estimate of drug-likeness (QED) is 0.173. The molecule has 5 nitrogen and oxygen atoms in total. The Hall–Kier alpha value is -1.19. The van der Waals surface area contributed by atoms with Gasteiger partial charge in [0.25, 0.3) is 0 Å². The van der Waals surface area contributed by atoms with Gasteiger partial charge < -0.3 is 19.8 Å². The normalized spacial score (nSPS) is 12.3. The molecule has 1 aromatic heterocycles. The highest BCUT2D eigenvalue weighted by atomic mass is 127. The van der Waals surface area contributed by atoms with E-state index in [4.69, 9.17) is 9.15 Å². The molecule has 0 spiro atoms. The number of nitrogens with zero attached hydrogens (tertiary/aromatic N) is 1. The predicted molar refractivity (Wildman–Crippen MR) is 120 cm³/mol. The number of furan rings is 1. The molecule has 2 aromatic rings. The number of aliphatic imine (C=N–C) groups is 1. The van der Waals surface area contributed by atoms with Crippen molar-refractivity contribution < 1.29 is 9.15 Å². The number of ether oxygens (including phenoxy) is 1. The van der Waals surface area contributed by atoms with E-state index in [2.05, 4.69) is 46.8 Å². The summed E-state index contributed by atoms with van der Waals surface area (Å²) in [7, 11) is 1.79. The van der Waals surface area contributed by atoms with Gasteiger partial charge in [0.05, 0.1) is 6.26 Å². The number of halogens is 1. The van der Waals surface area contributed by atoms with E-state index < -0.39 is 0 Å². The first-order valence-corrected chi connectivity index (χ1v) is 9.42. The van der Waals surface area contributed by atoms with Crippen LogP contribution in [0.15, 0.2) is 63.0 Å². The van der Waals surface area contributed by atoms with E-state index in [9.17, 15) is 0 Å². The highest BCUT2D eigenvalue weighted by Gasteiger charge is 2.05. The van der Waals surface area contributed by atoms with E-state index in [-0.39, 0.29) is 24.0 Å². The molecule has 0 fully saturated rings. The first-order valence-electron chi connectivity index (χ1n) is 8.54. The number of guanidine groups is 1. The van der Waals surface area contributed by atoms with Crippen LogP contribution in [0.4, 0.5) is 0 Å². The van der Waals surface area contributed by atoms with Crippen molar-refractivity contribution >= 4 is 41.7 Å². The van der Waals surface area contributed by atoms with Crippen LogP contribution in [0, 0.1) is 0 Å². The molecule has 144 valence electrons. The summed E-state index contributed by atoms with van der Waals surface area (Å²) in [4.78, 5) is 5.54. The molecule has 1 heterocycles. The average Bonchev–Trinajstić information content (AvgIpc) is 3.15. The summed E-state index contributed by atoms with van der Waals surface area (Å²) in [6, 6.07) is 14.2. The Labute approximate surface area is 177 Å². The van der Waals surface area contributed by atoms with Crippen molar-refractivity contribution in [3.8, 4) is 0 Å². The first kappa shape index (κ1) is 22.9. The Bertz CT molecular complexity index is 609. The van der Waals surface area contributed by atoms with Gasteiger partial charge >= 0.3 is 0 Å². The zero-order valence-corrected chi connectivity index (χ0v) is 18.5. The Balaban J connectivity index is 0.00000338. The third kappa shape index (κ3) is 9.49. The van der Waals surface area contributed by atoms with Gasteiger partial charge in [0.1, 0.15) is 12.4 Å². The van der Waals surface area contributed by atoms with Crippen LogP contribution in [-0.2, 0) is 11.3 Å². The lowest BCUT2D eigenvalue weighted by molar-refractivity contribution is 0.105. The maximum Gasteiger partial charge on any atom is 0.191 e. The number of hydrogen-bond acceptors (Lipinski definition) is 4. The molecule has 1 aromatic carbocycles. The van der Waals surface area contributed by atoms with E-state index in [1.807, 2.05) is 30.0 Å². The Morgan fingerprint density at radius 2 is 2.00 bits per heavy atom. The Morgan fingerprint density at radius 1 is 1.19 bits per heavy atom. The van der Waals surface area contributed by atoms with Crippen molar-refractivity contribution in [3.05, 3.63) is 54.5 Å². The lowest BCUT2D eigenvalue weighted by atomic mass is 10.4. The molecule has 26 heavy (non-hydrogen) atoms. The Kier molecular flexibility index (Phi) is 12.3. The molecule has 0 bridgehead atoms. The minimum Gasteiger partial charge on any atom is -0.467 e. The zero-order chi connectivity index (χ0) is 17.7. The summed E-state index contributed by atoms with van der Waals surface area (Å²) < 4.78 is 10.8. The predicted octanol–water partition coefficient (Wildman–Crippen LogP) is 4.15. The lowest BCUT2D eigenvalue weighted by Gasteiger charge is -2.16. The summed E-state index contributed by atoms with van der Waals surface area (Å²) >= 11 is 1.86. The number of hydrogen-bond donors (Lipinski definition) is 2. The van der Waals surface area contributed by atoms with Crippen LogP contribution < -0.4 is 10.6 Å².